The molecular formula is C19H22F3N3O. The number of nitrogens with one attached hydrogen (secondary N) is 1. The van der Waals surface area contributed by atoms with Crippen LogP contribution in [0.3, 0.4) is 0 Å². The van der Waals surface area contributed by atoms with Crippen molar-refractivity contribution in [2.75, 3.05) is 23.3 Å². The minimum absolute atomic E-state index is 0.222. The first-order valence-electron chi connectivity index (χ1n) is 8.54. The molecule has 1 heterocycles. The highest BCUT2D eigenvalue weighted by Gasteiger charge is 2.30. The Hall–Kier alpha value is -2.57. The van der Waals surface area contributed by atoms with E-state index in [0.717, 1.165) is 43.8 Å². The minimum Gasteiger partial charge on any atom is -0.371 e. The number of amides is 1. The Bertz CT molecular complexity index is 724. The Balaban J connectivity index is 2.13. The van der Waals surface area contributed by atoms with E-state index < -0.39 is 17.6 Å². The van der Waals surface area contributed by atoms with Crippen molar-refractivity contribution in [2.45, 2.75) is 32.9 Å². The van der Waals surface area contributed by atoms with Crippen LogP contribution in [-0.4, -0.2) is 24.0 Å². The highest BCUT2D eigenvalue weighted by molar-refractivity contribution is 6.03. The van der Waals surface area contributed by atoms with Crippen molar-refractivity contribution < 1.29 is 18.0 Å². The fourth-order valence-corrected chi connectivity index (χ4v) is 2.59. The van der Waals surface area contributed by atoms with Gasteiger partial charge in [-0.3, -0.25) is 9.78 Å². The van der Waals surface area contributed by atoms with Crippen molar-refractivity contribution in [1.82, 2.24) is 4.98 Å². The third kappa shape index (κ3) is 5.21. The maximum absolute atomic E-state index is 12.6. The summed E-state index contributed by atoms with van der Waals surface area (Å²) in [5, 5.41) is 2.58. The van der Waals surface area contributed by atoms with Crippen LogP contribution < -0.4 is 10.2 Å². The Morgan fingerprint density at radius 1 is 1.08 bits per heavy atom. The van der Waals surface area contributed by atoms with Crippen molar-refractivity contribution in [2.24, 2.45) is 0 Å². The average molecular weight is 365 g/mol. The summed E-state index contributed by atoms with van der Waals surface area (Å²) in [5.41, 5.74) is 0.653. The van der Waals surface area contributed by atoms with E-state index in [1.807, 2.05) is 6.07 Å². The van der Waals surface area contributed by atoms with Gasteiger partial charge in [0.2, 0.25) is 0 Å². The highest BCUT2D eigenvalue weighted by atomic mass is 19.4. The second-order valence-corrected chi connectivity index (χ2v) is 5.92. The average Bonchev–Trinajstić information content (AvgIpc) is 2.61. The molecule has 0 atom stereocenters. The topological polar surface area (TPSA) is 45.2 Å². The molecule has 0 aliphatic heterocycles. The van der Waals surface area contributed by atoms with Crippen LogP contribution >= 0.6 is 0 Å². The van der Waals surface area contributed by atoms with Crippen LogP contribution in [0.1, 0.15) is 42.7 Å². The molecule has 2 aromatic rings. The van der Waals surface area contributed by atoms with Gasteiger partial charge in [0.25, 0.3) is 5.91 Å². The van der Waals surface area contributed by atoms with Crippen LogP contribution in [0.4, 0.5) is 24.5 Å². The largest absolute Gasteiger partial charge is 0.416 e. The lowest BCUT2D eigenvalue weighted by Crippen LogP contribution is -2.25. The molecule has 1 aromatic heterocycles. The number of pyridine rings is 1. The maximum Gasteiger partial charge on any atom is 0.416 e. The zero-order chi connectivity index (χ0) is 19.2. The number of anilines is 2. The van der Waals surface area contributed by atoms with Gasteiger partial charge in [-0.2, -0.15) is 13.2 Å². The summed E-state index contributed by atoms with van der Waals surface area (Å²) in [4.78, 5) is 18.6. The van der Waals surface area contributed by atoms with Crippen molar-refractivity contribution >= 4 is 17.3 Å². The van der Waals surface area contributed by atoms with Gasteiger partial charge < -0.3 is 10.2 Å². The van der Waals surface area contributed by atoms with Crippen LogP contribution in [0, 0.1) is 0 Å². The molecule has 7 heteroatoms. The van der Waals surface area contributed by atoms with Crippen molar-refractivity contribution in [1.29, 1.82) is 0 Å². The van der Waals surface area contributed by atoms with Gasteiger partial charge in [0.15, 0.2) is 0 Å². The van der Waals surface area contributed by atoms with Gasteiger partial charge >= 0.3 is 6.18 Å². The quantitative estimate of drug-likeness (QED) is 0.753. The van der Waals surface area contributed by atoms with E-state index in [9.17, 15) is 18.0 Å². The first kappa shape index (κ1) is 19.8. The fourth-order valence-electron chi connectivity index (χ4n) is 2.59. The normalized spacial score (nSPS) is 11.3. The molecule has 0 spiro atoms. The summed E-state index contributed by atoms with van der Waals surface area (Å²) in [6.07, 6.45) is -0.874. The molecule has 0 saturated carbocycles. The van der Waals surface area contributed by atoms with Crippen LogP contribution in [0.25, 0.3) is 0 Å². The summed E-state index contributed by atoms with van der Waals surface area (Å²) >= 11 is 0. The van der Waals surface area contributed by atoms with E-state index in [2.05, 4.69) is 29.0 Å². The van der Waals surface area contributed by atoms with E-state index >= 15 is 0 Å². The molecule has 1 N–H and O–H groups in total. The number of aromatic nitrogens is 1. The summed E-state index contributed by atoms with van der Waals surface area (Å²) in [6, 6.07) is 7.87. The van der Waals surface area contributed by atoms with Gasteiger partial charge in [0, 0.05) is 30.7 Å². The van der Waals surface area contributed by atoms with Gasteiger partial charge in [-0.05, 0) is 49.2 Å². The van der Waals surface area contributed by atoms with E-state index in [4.69, 9.17) is 0 Å². The lowest BCUT2D eigenvalue weighted by atomic mass is 10.2. The molecule has 4 nitrogen and oxygen atoms in total. The predicted molar refractivity (Wildman–Crippen MR) is 96.4 cm³/mol. The molecule has 0 unspecified atom stereocenters. The lowest BCUT2D eigenvalue weighted by Gasteiger charge is -2.23. The van der Waals surface area contributed by atoms with Gasteiger partial charge in [0.05, 0.1) is 5.56 Å². The molecule has 0 bridgehead atoms. The number of carbonyl (C=O) groups is 1. The number of alkyl halides is 3. The smallest absolute Gasteiger partial charge is 0.371 e. The molecule has 0 saturated heterocycles. The van der Waals surface area contributed by atoms with Gasteiger partial charge in [-0.15, -0.1) is 0 Å². The summed E-state index contributed by atoms with van der Waals surface area (Å²) < 4.78 is 37.8. The van der Waals surface area contributed by atoms with E-state index in [-0.39, 0.29) is 11.4 Å². The monoisotopic (exact) mass is 365 g/mol. The zero-order valence-corrected chi connectivity index (χ0v) is 14.8. The Morgan fingerprint density at radius 2 is 1.69 bits per heavy atom. The maximum atomic E-state index is 12.6. The number of hydrogen-bond acceptors (Lipinski definition) is 3. The Labute approximate surface area is 151 Å². The van der Waals surface area contributed by atoms with Crippen LogP contribution in [0.2, 0.25) is 0 Å². The second kappa shape index (κ2) is 8.69. The van der Waals surface area contributed by atoms with E-state index in [1.54, 1.807) is 12.3 Å². The number of halogens is 3. The SMILES string of the molecule is CCCN(CCC)c1ccnc(C(=O)Nc2ccc(C(F)(F)F)cc2)c1. The molecule has 0 radical (unpaired) electrons. The summed E-state index contributed by atoms with van der Waals surface area (Å²) in [7, 11) is 0. The molecule has 2 rings (SSSR count). The van der Waals surface area contributed by atoms with Crippen molar-refractivity contribution in [3.05, 3.63) is 53.9 Å². The number of rotatable bonds is 7. The Morgan fingerprint density at radius 3 is 2.23 bits per heavy atom. The molecule has 26 heavy (non-hydrogen) atoms. The molecule has 1 aromatic carbocycles. The summed E-state index contributed by atoms with van der Waals surface area (Å²) in [6.45, 7) is 5.92. The number of nitrogens with zero attached hydrogens (tertiary/aromatic N) is 2. The molecule has 0 fully saturated rings. The number of carbonyl (C=O) groups excluding carboxylic acids is 1. The predicted octanol–water partition coefficient (Wildman–Crippen LogP) is 4.98. The molecule has 140 valence electrons. The number of benzene rings is 1. The fraction of sp³-hybridized carbons (Fsp3) is 0.368. The van der Waals surface area contributed by atoms with Crippen LogP contribution in [-0.2, 0) is 6.18 Å². The standard InChI is InChI=1S/C19H22F3N3O/c1-3-11-25(12-4-2)16-9-10-23-17(13-16)18(26)24-15-7-5-14(6-8-15)19(20,21)22/h5-10,13H,3-4,11-12H2,1-2H3,(H,24,26). The molecular weight excluding hydrogens is 343 g/mol. The molecule has 1 amide bonds. The first-order chi connectivity index (χ1) is 12.3. The third-order valence-corrected chi connectivity index (χ3v) is 3.80. The van der Waals surface area contributed by atoms with E-state index in [1.165, 1.54) is 12.1 Å². The zero-order valence-electron chi connectivity index (χ0n) is 14.8. The Kier molecular flexibility index (Phi) is 6.60. The van der Waals surface area contributed by atoms with Gasteiger partial charge in [-0.25, -0.2) is 0 Å². The van der Waals surface area contributed by atoms with Crippen LogP contribution in [0.15, 0.2) is 42.6 Å². The third-order valence-electron chi connectivity index (χ3n) is 3.80. The van der Waals surface area contributed by atoms with E-state index in [0.29, 0.717) is 0 Å². The van der Waals surface area contributed by atoms with Gasteiger partial charge in [-0.1, -0.05) is 13.8 Å². The highest BCUT2D eigenvalue weighted by Crippen LogP contribution is 2.29. The number of hydrogen-bond donors (Lipinski definition) is 1. The lowest BCUT2D eigenvalue weighted by molar-refractivity contribution is -0.137. The molecule has 0 aliphatic rings. The molecule has 0 aliphatic carbocycles. The summed E-state index contributed by atoms with van der Waals surface area (Å²) in [5.74, 6) is -0.459. The van der Waals surface area contributed by atoms with Crippen molar-refractivity contribution in [3.8, 4) is 0 Å². The minimum atomic E-state index is -4.40. The van der Waals surface area contributed by atoms with Crippen LogP contribution in [0.5, 0.6) is 0 Å². The van der Waals surface area contributed by atoms with Gasteiger partial charge in [0.1, 0.15) is 5.69 Å². The second-order valence-electron chi connectivity index (χ2n) is 5.92. The van der Waals surface area contributed by atoms with Crippen molar-refractivity contribution in [3.63, 3.8) is 0 Å². The first-order valence-corrected chi connectivity index (χ1v) is 8.54.